The van der Waals surface area contributed by atoms with Crippen LogP contribution in [0, 0.1) is 0 Å². The molecule has 1 N–H and O–H groups in total. The number of benzene rings is 1. The Morgan fingerprint density at radius 1 is 1.19 bits per heavy atom. The van der Waals surface area contributed by atoms with Crippen LogP contribution < -0.4 is 27.2 Å². The topological polar surface area (TPSA) is 60.5 Å². The highest BCUT2D eigenvalue weighted by atomic mass is 35.5. The Morgan fingerprint density at radius 2 is 1.95 bits per heavy atom. The van der Waals surface area contributed by atoms with E-state index in [1.807, 2.05) is 0 Å². The lowest BCUT2D eigenvalue weighted by atomic mass is 10.2. The lowest BCUT2D eigenvalue weighted by Crippen LogP contribution is -3.00. The number of amides is 1. The van der Waals surface area contributed by atoms with Gasteiger partial charge in [0.1, 0.15) is 13.2 Å². The Hall–Kier alpha value is -1.98. The first-order valence-corrected chi connectivity index (χ1v) is 6.43. The van der Waals surface area contributed by atoms with Crippen LogP contribution >= 0.6 is 11.6 Å². The number of nitrogens with one attached hydrogen (secondary N) is 1. The number of ether oxygens (including phenoxy) is 2. The standard InChI is InChI=1S/C14H11ClN2O3.ClH/c15-10-2-1-5-16-13(10)17-14(18)9-3-4-11-12(8-9)20-7-6-19-11;/h1-5,8H,6-7H2,(H,16,17,18);1H/p-1. The van der Waals surface area contributed by atoms with Gasteiger partial charge in [0.05, 0.1) is 5.02 Å². The molecule has 3 rings (SSSR count). The van der Waals surface area contributed by atoms with Crippen molar-refractivity contribution in [2.75, 3.05) is 18.5 Å². The van der Waals surface area contributed by atoms with Gasteiger partial charge in [-0.2, -0.15) is 0 Å². The summed E-state index contributed by atoms with van der Waals surface area (Å²) in [5.41, 5.74) is 0.455. The highest BCUT2D eigenvalue weighted by Gasteiger charge is 2.15. The largest absolute Gasteiger partial charge is 1.00 e. The Morgan fingerprint density at radius 3 is 2.71 bits per heavy atom. The third kappa shape index (κ3) is 3.37. The second-order valence-corrected chi connectivity index (χ2v) is 4.55. The smallest absolute Gasteiger partial charge is 0.256 e. The van der Waals surface area contributed by atoms with E-state index in [0.717, 1.165) is 0 Å². The summed E-state index contributed by atoms with van der Waals surface area (Å²) in [6, 6.07) is 8.37. The van der Waals surface area contributed by atoms with Gasteiger partial charge in [-0.3, -0.25) is 4.79 Å². The number of nitrogens with zero attached hydrogens (tertiary/aromatic N) is 1. The molecular weight excluding hydrogens is 315 g/mol. The molecule has 0 bridgehead atoms. The van der Waals surface area contributed by atoms with Crippen molar-refractivity contribution in [1.29, 1.82) is 0 Å². The molecule has 0 saturated heterocycles. The van der Waals surface area contributed by atoms with Crippen LogP contribution in [0.5, 0.6) is 11.5 Å². The molecule has 1 aliphatic heterocycles. The summed E-state index contributed by atoms with van der Waals surface area (Å²) in [5, 5.41) is 3.04. The van der Waals surface area contributed by atoms with Crippen molar-refractivity contribution < 1.29 is 26.7 Å². The monoisotopic (exact) mass is 325 g/mol. The number of anilines is 1. The van der Waals surface area contributed by atoms with Gasteiger partial charge in [-0.15, -0.1) is 0 Å². The number of hydrogen-bond acceptors (Lipinski definition) is 4. The minimum absolute atomic E-state index is 0. The molecule has 2 heterocycles. The van der Waals surface area contributed by atoms with Crippen LogP contribution in [0.2, 0.25) is 5.02 Å². The Bertz CT molecular complexity index is 664. The summed E-state index contributed by atoms with van der Waals surface area (Å²) in [6.45, 7) is 0.992. The van der Waals surface area contributed by atoms with Crippen molar-refractivity contribution in [1.82, 2.24) is 4.98 Å². The predicted molar refractivity (Wildman–Crippen MR) is 74.6 cm³/mol. The maximum Gasteiger partial charge on any atom is 0.256 e. The number of rotatable bonds is 2. The molecular formula is C14H11Cl2N2O3-. The van der Waals surface area contributed by atoms with Crippen LogP contribution in [0.4, 0.5) is 5.82 Å². The van der Waals surface area contributed by atoms with Crippen molar-refractivity contribution in [3.05, 3.63) is 47.1 Å². The maximum atomic E-state index is 12.1. The summed E-state index contributed by atoms with van der Waals surface area (Å²) < 4.78 is 10.8. The maximum absolute atomic E-state index is 12.1. The molecule has 21 heavy (non-hydrogen) atoms. The molecule has 110 valence electrons. The number of fused-ring (bicyclic) bond motifs is 1. The number of pyridine rings is 1. The first-order chi connectivity index (χ1) is 9.74. The van der Waals surface area contributed by atoms with E-state index in [-0.39, 0.29) is 18.3 Å². The summed E-state index contributed by atoms with van der Waals surface area (Å²) in [5.74, 6) is 1.23. The van der Waals surface area contributed by atoms with Gasteiger partial charge in [-0.25, -0.2) is 4.98 Å². The summed E-state index contributed by atoms with van der Waals surface area (Å²) >= 11 is 5.95. The molecule has 0 unspecified atom stereocenters. The zero-order valence-electron chi connectivity index (χ0n) is 10.8. The minimum Gasteiger partial charge on any atom is -1.00 e. The molecule has 0 spiro atoms. The normalized spacial score (nSPS) is 12.2. The van der Waals surface area contributed by atoms with Crippen LogP contribution in [0.25, 0.3) is 0 Å². The molecule has 2 aromatic rings. The molecule has 0 saturated carbocycles. The fraction of sp³-hybridized carbons (Fsp3) is 0.143. The van der Waals surface area contributed by atoms with Crippen LogP contribution in [-0.4, -0.2) is 24.1 Å². The van der Waals surface area contributed by atoms with Crippen LogP contribution in [-0.2, 0) is 0 Å². The van der Waals surface area contributed by atoms with Gasteiger partial charge in [-0.1, -0.05) is 11.6 Å². The van der Waals surface area contributed by atoms with Gasteiger partial charge in [0, 0.05) is 11.8 Å². The SMILES string of the molecule is O=C(Nc1ncccc1Cl)c1ccc2c(c1)OCCO2.[Cl-]. The zero-order chi connectivity index (χ0) is 13.9. The fourth-order valence-electron chi connectivity index (χ4n) is 1.84. The molecule has 1 aromatic carbocycles. The highest BCUT2D eigenvalue weighted by Crippen LogP contribution is 2.31. The molecule has 0 aliphatic carbocycles. The van der Waals surface area contributed by atoms with E-state index in [0.29, 0.717) is 41.1 Å². The fourth-order valence-corrected chi connectivity index (χ4v) is 2.01. The first-order valence-electron chi connectivity index (χ1n) is 6.05. The minimum atomic E-state index is -0.303. The Kier molecular flexibility index (Phi) is 4.88. The number of aromatic nitrogens is 1. The lowest BCUT2D eigenvalue weighted by molar-refractivity contribution is -0.0000122. The molecule has 0 radical (unpaired) electrons. The number of hydrogen-bond donors (Lipinski definition) is 1. The second kappa shape index (κ2) is 6.65. The van der Waals surface area contributed by atoms with E-state index >= 15 is 0 Å². The van der Waals surface area contributed by atoms with Gasteiger partial charge in [0.25, 0.3) is 5.91 Å². The van der Waals surface area contributed by atoms with Gasteiger partial charge in [0.2, 0.25) is 0 Å². The Labute approximate surface area is 132 Å². The molecule has 1 aromatic heterocycles. The van der Waals surface area contributed by atoms with E-state index < -0.39 is 0 Å². The average Bonchev–Trinajstić information content (AvgIpc) is 2.49. The third-order valence-electron chi connectivity index (χ3n) is 2.79. The number of carbonyl (C=O) groups excluding carboxylic acids is 1. The van der Waals surface area contributed by atoms with Crippen molar-refractivity contribution in [2.24, 2.45) is 0 Å². The van der Waals surface area contributed by atoms with Crippen molar-refractivity contribution in [3.8, 4) is 11.5 Å². The van der Waals surface area contributed by atoms with Crippen molar-refractivity contribution in [2.45, 2.75) is 0 Å². The number of halogens is 2. The second-order valence-electron chi connectivity index (χ2n) is 4.15. The van der Waals surface area contributed by atoms with E-state index in [1.165, 1.54) is 0 Å². The van der Waals surface area contributed by atoms with Crippen LogP contribution in [0.3, 0.4) is 0 Å². The summed E-state index contributed by atoms with van der Waals surface area (Å²) in [7, 11) is 0. The van der Waals surface area contributed by atoms with E-state index in [1.54, 1.807) is 36.5 Å². The molecule has 0 atom stereocenters. The van der Waals surface area contributed by atoms with E-state index in [2.05, 4.69) is 10.3 Å². The van der Waals surface area contributed by atoms with Crippen molar-refractivity contribution in [3.63, 3.8) is 0 Å². The zero-order valence-corrected chi connectivity index (χ0v) is 12.3. The van der Waals surface area contributed by atoms with Gasteiger partial charge >= 0.3 is 0 Å². The first kappa shape index (κ1) is 15.4. The number of carbonyl (C=O) groups is 1. The quantitative estimate of drug-likeness (QED) is 0.828. The predicted octanol–water partition coefficient (Wildman–Crippen LogP) is -0.238. The summed E-state index contributed by atoms with van der Waals surface area (Å²) in [4.78, 5) is 16.2. The molecule has 7 heteroatoms. The van der Waals surface area contributed by atoms with Gasteiger partial charge < -0.3 is 27.2 Å². The molecule has 0 fully saturated rings. The van der Waals surface area contributed by atoms with Crippen LogP contribution in [0.15, 0.2) is 36.5 Å². The van der Waals surface area contributed by atoms with Crippen LogP contribution in [0.1, 0.15) is 10.4 Å². The van der Waals surface area contributed by atoms with Gasteiger partial charge in [0.15, 0.2) is 17.3 Å². The average molecular weight is 326 g/mol. The highest BCUT2D eigenvalue weighted by molar-refractivity contribution is 6.33. The van der Waals surface area contributed by atoms with E-state index in [9.17, 15) is 4.79 Å². The third-order valence-corrected chi connectivity index (χ3v) is 3.10. The molecule has 5 nitrogen and oxygen atoms in total. The Balaban J connectivity index is 0.00000161. The van der Waals surface area contributed by atoms with Crippen molar-refractivity contribution >= 4 is 23.3 Å². The molecule has 1 aliphatic rings. The van der Waals surface area contributed by atoms with Gasteiger partial charge in [-0.05, 0) is 30.3 Å². The summed E-state index contributed by atoms with van der Waals surface area (Å²) in [6.07, 6.45) is 1.56. The van der Waals surface area contributed by atoms with E-state index in [4.69, 9.17) is 21.1 Å². The molecule has 1 amide bonds. The lowest BCUT2D eigenvalue weighted by Gasteiger charge is -2.18.